The quantitative estimate of drug-likeness (QED) is 0.452. The highest BCUT2D eigenvalue weighted by Crippen LogP contribution is 2.20. The fraction of sp³-hybridized carbons (Fsp3) is 0.467. The Balaban J connectivity index is 1.66. The molecule has 26 heavy (non-hydrogen) atoms. The molecule has 3 heterocycles. The van der Waals surface area contributed by atoms with Crippen molar-refractivity contribution in [2.45, 2.75) is 19.5 Å². The Labute approximate surface area is 148 Å². The lowest BCUT2D eigenvalue weighted by Crippen LogP contribution is -2.33. The molecule has 1 aliphatic heterocycles. The van der Waals surface area contributed by atoms with E-state index in [1.807, 2.05) is 0 Å². The number of halogens is 2. The Bertz CT molecular complexity index is 732. The molecule has 0 aromatic carbocycles. The largest absolute Gasteiger partial charge is 0.415 e. The van der Waals surface area contributed by atoms with Crippen molar-refractivity contribution < 1.29 is 13.5 Å². The fourth-order valence-corrected chi connectivity index (χ4v) is 2.69. The molecule has 1 fully saturated rings. The lowest BCUT2D eigenvalue weighted by molar-refractivity contribution is -0.0528. The predicted octanol–water partition coefficient (Wildman–Crippen LogP) is 1.95. The van der Waals surface area contributed by atoms with Gasteiger partial charge in [0, 0.05) is 18.8 Å². The first-order chi connectivity index (χ1) is 12.6. The minimum atomic E-state index is -2.94. The number of hydrogen-bond acceptors (Lipinski definition) is 8. The number of nitrogens with one attached hydrogen (secondary N) is 5. The Morgan fingerprint density at radius 1 is 1.46 bits per heavy atom. The summed E-state index contributed by atoms with van der Waals surface area (Å²) < 4.78 is 28.6. The number of aromatic amines is 1. The summed E-state index contributed by atoms with van der Waals surface area (Å²) in [6, 6.07) is 1.29. The lowest BCUT2D eigenvalue weighted by Gasteiger charge is -2.23. The molecule has 0 spiro atoms. The molecule has 11 heteroatoms. The fourth-order valence-electron chi connectivity index (χ4n) is 2.69. The summed E-state index contributed by atoms with van der Waals surface area (Å²) in [6.45, 7) is -0.229. The molecule has 2 aromatic rings. The van der Waals surface area contributed by atoms with Crippen molar-refractivity contribution >= 4 is 23.7 Å². The van der Waals surface area contributed by atoms with Gasteiger partial charge in [0.05, 0.1) is 6.20 Å². The van der Waals surface area contributed by atoms with E-state index in [1.54, 1.807) is 0 Å². The van der Waals surface area contributed by atoms with Gasteiger partial charge in [-0.15, -0.1) is 5.10 Å². The molecule has 9 nitrogen and oxygen atoms in total. The van der Waals surface area contributed by atoms with Crippen molar-refractivity contribution in [1.29, 1.82) is 5.41 Å². The number of aromatic nitrogens is 4. The molecule has 0 radical (unpaired) electrons. The van der Waals surface area contributed by atoms with E-state index in [1.165, 1.54) is 12.3 Å². The normalized spacial score (nSPS) is 17.1. The monoisotopic (exact) mass is 366 g/mol. The van der Waals surface area contributed by atoms with Crippen LogP contribution in [0, 0.1) is 11.3 Å². The van der Waals surface area contributed by atoms with Gasteiger partial charge < -0.3 is 26.1 Å². The van der Waals surface area contributed by atoms with E-state index >= 15 is 0 Å². The van der Waals surface area contributed by atoms with E-state index < -0.39 is 6.61 Å². The first-order valence-corrected chi connectivity index (χ1v) is 8.23. The summed E-state index contributed by atoms with van der Waals surface area (Å²) in [6.07, 6.45) is 4.84. The van der Waals surface area contributed by atoms with E-state index in [-0.39, 0.29) is 5.88 Å². The molecular weight excluding hydrogens is 346 g/mol. The molecule has 0 saturated carbocycles. The second-order valence-corrected chi connectivity index (χ2v) is 5.85. The molecule has 1 saturated heterocycles. The van der Waals surface area contributed by atoms with Crippen LogP contribution >= 0.6 is 0 Å². The minimum absolute atomic E-state index is 0.227. The van der Waals surface area contributed by atoms with Crippen molar-refractivity contribution in [1.82, 2.24) is 25.5 Å². The van der Waals surface area contributed by atoms with Gasteiger partial charge in [0.25, 0.3) is 0 Å². The third kappa shape index (κ3) is 4.85. The van der Waals surface area contributed by atoms with Crippen LogP contribution < -0.4 is 20.7 Å². The maximum Gasteiger partial charge on any atom is 0.388 e. The molecule has 0 amide bonds. The number of nitrogens with zero attached hydrogens (tertiary/aromatic N) is 3. The Morgan fingerprint density at radius 3 is 3.08 bits per heavy atom. The Morgan fingerprint density at radius 2 is 2.35 bits per heavy atom. The van der Waals surface area contributed by atoms with Crippen molar-refractivity contribution in [2.24, 2.45) is 5.92 Å². The van der Waals surface area contributed by atoms with E-state index in [0.29, 0.717) is 29.1 Å². The average Bonchev–Trinajstić information content (AvgIpc) is 3.07. The SMILES string of the molecule is N=Cc1ncc(Nc2cc(OC(F)F)n[nH]2)nc1NC[C@H]1CCCNC1. The minimum Gasteiger partial charge on any atom is -0.415 e. The van der Waals surface area contributed by atoms with Gasteiger partial charge in [-0.25, -0.2) is 9.97 Å². The number of alkyl halides is 2. The van der Waals surface area contributed by atoms with Gasteiger partial charge in [-0.1, -0.05) is 0 Å². The van der Waals surface area contributed by atoms with Gasteiger partial charge in [-0.3, -0.25) is 5.10 Å². The van der Waals surface area contributed by atoms with Crippen LogP contribution in [0.25, 0.3) is 0 Å². The number of anilines is 3. The van der Waals surface area contributed by atoms with E-state index in [2.05, 4.69) is 40.9 Å². The Kier molecular flexibility index (Phi) is 5.89. The lowest BCUT2D eigenvalue weighted by atomic mass is 10.00. The summed E-state index contributed by atoms with van der Waals surface area (Å²) in [5, 5.41) is 23.1. The van der Waals surface area contributed by atoms with E-state index in [4.69, 9.17) is 5.41 Å². The van der Waals surface area contributed by atoms with Gasteiger partial charge in [0.15, 0.2) is 11.6 Å². The van der Waals surface area contributed by atoms with Crippen LogP contribution in [0.5, 0.6) is 5.88 Å². The molecule has 140 valence electrons. The number of piperidine rings is 1. The van der Waals surface area contributed by atoms with Crippen molar-refractivity contribution in [3.63, 3.8) is 0 Å². The summed E-state index contributed by atoms with van der Waals surface area (Å²) in [4.78, 5) is 8.58. The zero-order valence-electron chi connectivity index (χ0n) is 13.9. The van der Waals surface area contributed by atoms with Gasteiger partial charge in [0.2, 0.25) is 5.88 Å². The van der Waals surface area contributed by atoms with Gasteiger partial charge >= 0.3 is 6.61 Å². The molecule has 1 aliphatic rings. The summed E-state index contributed by atoms with van der Waals surface area (Å²) in [5.74, 6) is 1.46. The maximum atomic E-state index is 12.2. The predicted molar refractivity (Wildman–Crippen MR) is 92.5 cm³/mol. The molecule has 1 atom stereocenters. The van der Waals surface area contributed by atoms with Gasteiger partial charge in [-0.2, -0.15) is 8.78 Å². The average molecular weight is 366 g/mol. The highest BCUT2D eigenvalue weighted by atomic mass is 19.3. The second-order valence-electron chi connectivity index (χ2n) is 5.85. The first-order valence-electron chi connectivity index (χ1n) is 8.23. The van der Waals surface area contributed by atoms with Crippen LogP contribution in [0.4, 0.5) is 26.2 Å². The van der Waals surface area contributed by atoms with Crippen molar-refractivity contribution in [3.05, 3.63) is 18.0 Å². The highest BCUT2D eigenvalue weighted by molar-refractivity contribution is 5.82. The topological polar surface area (TPSA) is 124 Å². The third-order valence-corrected chi connectivity index (χ3v) is 3.92. The summed E-state index contributed by atoms with van der Waals surface area (Å²) >= 11 is 0. The first kappa shape index (κ1) is 18.0. The van der Waals surface area contributed by atoms with E-state index in [9.17, 15) is 8.78 Å². The molecule has 3 rings (SSSR count). The van der Waals surface area contributed by atoms with Crippen LogP contribution in [0.3, 0.4) is 0 Å². The highest BCUT2D eigenvalue weighted by Gasteiger charge is 2.15. The maximum absolute atomic E-state index is 12.2. The second kappa shape index (κ2) is 8.52. The van der Waals surface area contributed by atoms with Crippen LogP contribution in [0.2, 0.25) is 0 Å². The van der Waals surface area contributed by atoms with Crippen molar-refractivity contribution in [2.75, 3.05) is 30.3 Å². The van der Waals surface area contributed by atoms with Crippen molar-refractivity contribution in [3.8, 4) is 5.88 Å². The molecular formula is C15H20F2N8O. The van der Waals surface area contributed by atoms with Crippen LogP contribution in [-0.2, 0) is 0 Å². The molecule has 5 N–H and O–H groups in total. The van der Waals surface area contributed by atoms with Crippen LogP contribution in [0.15, 0.2) is 12.3 Å². The summed E-state index contributed by atoms with van der Waals surface area (Å²) in [5.41, 5.74) is 0.422. The number of ether oxygens (including phenoxy) is 1. The smallest absolute Gasteiger partial charge is 0.388 e. The molecule has 0 unspecified atom stereocenters. The van der Waals surface area contributed by atoms with Gasteiger partial charge in [0.1, 0.15) is 11.5 Å². The summed E-state index contributed by atoms with van der Waals surface area (Å²) in [7, 11) is 0. The zero-order valence-corrected chi connectivity index (χ0v) is 13.9. The number of H-pyrrole nitrogens is 1. The molecule has 0 aliphatic carbocycles. The molecule has 2 aromatic heterocycles. The number of hydrogen-bond donors (Lipinski definition) is 5. The third-order valence-electron chi connectivity index (χ3n) is 3.92. The van der Waals surface area contributed by atoms with Gasteiger partial charge in [-0.05, 0) is 31.8 Å². The number of rotatable bonds is 8. The molecule has 0 bridgehead atoms. The van der Waals surface area contributed by atoms with Crippen LogP contribution in [-0.4, -0.2) is 52.6 Å². The standard InChI is InChI=1S/C15H20F2N8O/c16-15(17)26-13-4-11(24-25-13)22-12-8-20-10(5-18)14(23-12)21-7-9-2-1-3-19-6-9/h4-5,8-9,15,18-19H,1-3,6-7H2,(H3,21,22,23,24,25)/t9-/m0/s1. The van der Waals surface area contributed by atoms with Crippen LogP contribution in [0.1, 0.15) is 18.5 Å². The zero-order chi connectivity index (χ0) is 18.4. The van der Waals surface area contributed by atoms with E-state index in [0.717, 1.165) is 38.7 Å². The Hall–Kier alpha value is -2.82.